The first-order valence-electron chi connectivity index (χ1n) is 9.87. The number of esters is 1. The Kier molecular flexibility index (Phi) is 6.55. The van der Waals surface area contributed by atoms with Crippen LogP contribution in [0.3, 0.4) is 0 Å². The molecule has 0 atom stereocenters. The molecule has 34 heavy (non-hydrogen) atoms. The highest BCUT2D eigenvalue weighted by Gasteiger charge is 2.27. The Hall–Kier alpha value is -4.24. The topological polar surface area (TPSA) is 100 Å². The number of methoxy groups -OCH3 is 1. The van der Waals surface area contributed by atoms with E-state index in [0.717, 1.165) is 0 Å². The Labute approximate surface area is 198 Å². The van der Waals surface area contributed by atoms with Crippen molar-refractivity contribution in [1.82, 2.24) is 0 Å². The summed E-state index contributed by atoms with van der Waals surface area (Å²) < 4.78 is 30.4. The van der Waals surface area contributed by atoms with Gasteiger partial charge in [0.2, 0.25) is 5.90 Å². The fraction of sp³-hybridized carbons (Fsp3) is 0.0833. The molecule has 8 nitrogen and oxygen atoms in total. The number of nitro benzene ring substituents is 1. The summed E-state index contributed by atoms with van der Waals surface area (Å²) >= 11 is 5.84. The molecular weight excluding hydrogens is 467 g/mol. The number of ether oxygens (including phenoxy) is 3. The predicted octanol–water partition coefficient (Wildman–Crippen LogP) is 5.32. The molecule has 0 aromatic heterocycles. The van der Waals surface area contributed by atoms with Gasteiger partial charge in [-0.1, -0.05) is 41.9 Å². The Bertz CT molecular complexity index is 1360. The number of cyclic esters (lactones) is 1. The Morgan fingerprint density at radius 3 is 2.71 bits per heavy atom. The van der Waals surface area contributed by atoms with Crippen LogP contribution >= 0.6 is 11.6 Å². The molecule has 10 heteroatoms. The Morgan fingerprint density at radius 1 is 1.18 bits per heavy atom. The maximum atomic E-state index is 14.0. The summed E-state index contributed by atoms with van der Waals surface area (Å²) in [4.78, 5) is 27.1. The first-order chi connectivity index (χ1) is 16.4. The third kappa shape index (κ3) is 4.74. The van der Waals surface area contributed by atoms with E-state index in [0.29, 0.717) is 16.9 Å². The fourth-order valence-electron chi connectivity index (χ4n) is 3.19. The molecule has 3 aromatic carbocycles. The van der Waals surface area contributed by atoms with Gasteiger partial charge in [0, 0.05) is 22.8 Å². The molecule has 4 rings (SSSR count). The zero-order valence-electron chi connectivity index (χ0n) is 17.7. The number of hydrogen-bond donors (Lipinski definition) is 0. The second-order valence-electron chi connectivity index (χ2n) is 7.02. The summed E-state index contributed by atoms with van der Waals surface area (Å²) in [6.07, 6.45) is 1.43. The zero-order chi connectivity index (χ0) is 24.2. The van der Waals surface area contributed by atoms with E-state index in [-0.39, 0.29) is 40.2 Å². The molecule has 0 N–H and O–H groups in total. The third-order valence-corrected chi connectivity index (χ3v) is 5.18. The van der Waals surface area contributed by atoms with E-state index >= 15 is 0 Å². The van der Waals surface area contributed by atoms with Crippen molar-refractivity contribution in [3.63, 3.8) is 0 Å². The molecule has 1 aliphatic heterocycles. The number of nitro groups is 1. The van der Waals surface area contributed by atoms with Crippen LogP contribution in [0.4, 0.5) is 10.1 Å². The van der Waals surface area contributed by atoms with Crippen LogP contribution in [0.2, 0.25) is 5.02 Å². The van der Waals surface area contributed by atoms with E-state index in [1.165, 1.54) is 37.5 Å². The van der Waals surface area contributed by atoms with Gasteiger partial charge in [-0.15, -0.1) is 0 Å². The van der Waals surface area contributed by atoms with E-state index < -0.39 is 16.7 Å². The quantitative estimate of drug-likeness (QED) is 0.195. The molecule has 0 spiro atoms. The highest BCUT2D eigenvalue weighted by atomic mass is 35.5. The lowest BCUT2D eigenvalue weighted by Crippen LogP contribution is -2.06. The number of carbonyl (C=O) groups excluding carboxylic acids is 1. The minimum Gasteiger partial charge on any atom is -0.493 e. The number of aliphatic imine (C=N–C) groups is 1. The number of para-hydroxylation sites is 1. The highest BCUT2D eigenvalue weighted by molar-refractivity contribution is 6.32. The van der Waals surface area contributed by atoms with Gasteiger partial charge in [-0.2, -0.15) is 0 Å². The first kappa shape index (κ1) is 22.9. The highest BCUT2D eigenvalue weighted by Crippen LogP contribution is 2.35. The van der Waals surface area contributed by atoms with Crippen molar-refractivity contribution in [2.24, 2.45) is 4.99 Å². The van der Waals surface area contributed by atoms with Crippen molar-refractivity contribution in [3.05, 3.63) is 104 Å². The van der Waals surface area contributed by atoms with Crippen LogP contribution in [0, 0.1) is 15.9 Å². The van der Waals surface area contributed by atoms with Crippen LogP contribution in [-0.2, 0) is 16.1 Å². The Balaban J connectivity index is 1.68. The van der Waals surface area contributed by atoms with Crippen LogP contribution < -0.4 is 9.47 Å². The van der Waals surface area contributed by atoms with Crippen molar-refractivity contribution in [1.29, 1.82) is 0 Å². The van der Waals surface area contributed by atoms with Gasteiger partial charge in [0.1, 0.15) is 17.4 Å². The van der Waals surface area contributed by atoms with Crippen molar-refractivity contribution < 1.29 is 28.3 Å². The second kappa shape index (κ2) is 9.72. The molecule has 0 unspecified atom stereocenters. The van der Waals surface area contributed by atoms with Gasteiger partial charge in [0.15, 0.2) is 17.2 Å². The maximum Gasteiger partial charge on any atom is 0.363 e. The summed E-state index contributed by atoms with van der Waals surface area (Å²) in [5, 5.41) is 11.1. The first-order valence-corrected chi connectivity index (χ1v) is 10.2. The number of rotatable bonds is 7. The van der Waals surface area contributed by atoms with Crippen LogP contribution in [-0.4, -0.2) is 23.9 Å². The minimum absolute atomic E-state index is 0.0533. The summed E-state index contributed by atoms with van der Waals surface area (Å²) in [7, 11) is 1.45. The smallest absolute Gasteiger partial charge is 0.363 e. The van der Waals surface area contributed by atoms with Gasteiger partial charge < -0.3 is 14.2 Å². The second-order valence-corrected chi connectivity index (χ2v) is 7.43. The average molecular weight is 483 g/mol. The minimum atomic E-state index is -0.754. The molecule has 172 valence electrons. The third-order valence-electron chi connectivity index (χ3n) is 4.86. The lowest BCUT2D eigenvalue weighted by Gasteiger charge is -2.14. The number of hydrogen-bond acceptors (Lipinski definition) is 7. The van der Waals surface area contributed by atoms with E-state index in [4.69, 9.17) is 25.8 Å². The number of carbonyl (C=O) groups is 1. The molecule has 1 heterocycles. The molecule has 0 fully saturated rings. The number of benzene rings is 3. The molecule has 0 bridgehead atoms. The SMILES string of the molecule is COc1cccc(/C=C2\N=C(c3ccc(Cl)c([N+](=O)[O-])c3)OC2=O)c1OCc1ccccc1F. The Morgan fingerprint density at radius 2 is 1.97 bits per heavy atom. The van der Waals surface area contributed by atoms with Crippen LogP contribution in [0.15, 0.2) is 71.4 Å². The molecule has 0 saturated carbocycles. The van der Waals surface area contributed by atoms with Gasteiger partial charge in [-0.05, 0) is 30.3 Å². The zero-order valence-corrected chi connectivity index (χ0v) is 18.4. The number of halogens is 2. The molecule has 0 amide bonds. The maximum absolute atomic E-state index is 14.0. The van der Waals surface area contributed by atoms with Crippen molar-refractivity contribution >= 4 is 35.2 Å². The van der Waals surface area contributed by atoms with Gasteiger partial charge in [-0.3, -0.25) is 10.1 Å². The monoisotopic (exact) mass is 482 g/mol. The van der Waals surface area contributed by atoms with Crippen LogP contribution in [0.25, 0.3) is 6.08 Å². The summed E-state index contributed by atoms with van der Waals surface area (Å²) in [6, 6.07) is 15.2. The van der Waals surface area contributed by atoms with E-state index in [1.54, 1.807) is 36.4 Å². The number of nitrogens with zero attached hydrogens (tertiary/aromatic N) is 2. The van der Waals surface area contributed by atoms with Gasteiger partial charge >= 0.3 is 5.97 Å². The fourth-order valence-corrected chi connectivity index (χ4v) is 3.38. The summed E-state index contributed by atoms with van der Waals surface area (Å²) in [6.45, 7) is -0.0728. The lowest BCUT2D eigenvalue weighted by atomic mass is 10.1. The molecule has 1 aliphatic rings. The summed E-state index contributed by atoms with van der Waals surface area (Å²) in [5.74, 6) is -0.625. The van der Waals surface area contributed by atoms with Gasteiger partial charge in [0.25, 0.3) is 5.69 Å². The predicted molar refractivity (Wildman–Crippen MR) is 122 cm³/mol. The molecular formula is C24H16ClFN2O6. The van der Waals surface area contributed by atoms with Crippen molar-refractivity contribution in [2.45, 2.75) is 6.61 Å². The van der Waals surface area contributed by atoms with Crippen LogP contribution in [0.1, 0.15) is 16.7 Å². The molecule has 0 radical (unpaired) electrons. The van der Waals surface area contributed by atoms with Crippen molar-refractivity contribution in [3.8, 4) is 11.5 Å². The van der Waals surface area contributed by atoms with E-state index in [2.05, 4.69) is 4.99 Å². The molecule has 0 saturated heterocycles. The lowest BCUT2D eigenvalue weighted by molar-refractivity contribution is -0.384. The normalized spacial score (nSPS) is 14.0. The standard InChI is InChI=1S/C24H16ClFN2O6/c1-32-21-8-4-6-14(22(21)33-13-16-5-2-3-7-18(16)26)11-19-24(29)34-23(27-19)15-9-10-17(25)20(12-15)28(30)31/h2-12H,13H2,1H3/b19-11-. The van der Waals surface area contributed by atoms with Crippen molar-refractivity contribution in [2.75, 3.05) is 7.11 Å². The van der Waals surface area contributed by atoms with Gasteiger partial charge in [-0.25, -0.2) is 14.2 Å². The summed E-state index contributed by atoms with van der Waals surface area (Å²) in [5.41, 5.74) is 0.602. The largest absolute Gasteiger partial charge is 0.493 e. The van der Waals surface area contributed by atoms with Gasteiger partial charge in [0.05, 0.1) is 12.0 Å². The van der Waals surface area contributed by atoms with Crippen LogP contribution in [0.5, 0.6) is 11.5 Å². The average Bonchev–Trinajstić information content (AvgIpc) is 3.19. The van der Waals surface area contributed by atoms with E-state index in [9.17, 15) is 19.3 Å². The van der Waals surface area contributed by atoms with E-state index in [1.807, 2.05) is 0 Å². The molecule has 0 aliphatic carbocycles. The molecule has 3 aromatic rings.